The van der Waals surface area contributed by atoms with Crippen LogP contribution in [-0.4, -0.2) is 32.6 Å². The zero-order valence-corrected chi connectivity index (χ0v) is 23.2. The summed E-state index contributed by atoms with van der Waals surface area (Å²) >= 11 is 0.0906. The van der Waals surface area contributed by atoms with E-state index < -0.39 is 16.1 Å². The molecule has 4 rings (SSSR count). The van der Waals surface area contributed by atoms with Crippen LogP contribution in [0.2, 0.25) is 0 Å². The largest absolute Gasteiger partial charge is 0.591 e. The van der Waals surface area contributed by atoms with Gasteiger partial charge in [0.2, 0.25) is 0 Å². The Labute approximate surface area is 223 Å². The van der Waals surface area contributed by atoms with Crippen LogP contribution in [0.3, 0.4) is 0 Å². The number of fused-ring (bicyclic) bond motifs is 1. The number of para-hydroxylation sites is 1. The van der Waals surface area contributed by atoms with Crippen LogP contribution < -0.4 is 4.74 Å². The average Bonchev–Trinajstić information content (AvgIpc) is 3.52. The number of ether oxygens (including phenoxy) is 2. The van der Waals surface area contributed by atoms with E-state index in [0.29, 0.717) is 29.7 Å². The van der Waals surface area contributed by atoms with E-state index in [1.807, 2.05) is 75.5 Å². The molecule has 194 valence electrons. The maximum absolute atomic E-state index is 12.5. The Morgan fingerprint density at radius 2 is 2.00 bits per heavy atom. The maximum Gasteiger partial charge on any atom is 0.310 e. The van der Waals surface area contributed by atoms with Crippen LogP contribution in [0.25, 0.3) is 22.2 Å². The van der Waals surface area contributed by atoms with Crippen molar-refractivity contribution in [1.82, 2.24) is 4.98 Å². The third-order valence-electron chi connectivity index (χ3n) is 5.45. The van der Waals surface area contributed by atoms with Gasteiger partial charge in [-0.25, -0.2) is 4.98 Å². The number of furan rings is 1. The minimum absolute atomic E-state index is 0.151. The number of aromatic nitrogens is 1. The number of hydrogen-bond donors (Lipinski definition) is 0. The van der Waals surface area contributed by atoms with Crippen molar-refractivity contribution in [3.63, 3.8) is 0 Å². The normalized spacial score (nSPS) is 13.1. The number of esters is 1. The summed E-state index contributed by atoms with van der Waals surface area (Å²) in [5.74, 6) is 0.351. The smallest absolute Gasteiger partial charge is 0.310 e. The van der Waals surface area contributed by atoms with Crippen molar-refractivity contribution < 1.29 is 23.2 Å². The predicted octanol–water partition coefficient (Wildman–Crippen LogP) is 6.51. The first-order chi connectivity index (χ1) is 17.7. The molecule has 0 amide bonds. The van der Waals surface area contributed by atoms with E-state index in [1.165, 1.54) is 11.3 Å². The molecule has 0 aliphatic rings. The molecule has 7 nitrogen and oxygen atoms in total. The highest BCUT2D eigenvalue weighted by atomic mass is 32.2. The van der Waals surface area contributed by atoms with Crippen LogP contribution >= 0.6 is 11.3 Å². The fraction of sp³-hybridized carbons (Fsp3) is 0.321. The quantitative estimate of drug-likeness (QED) is 0.137. The molecule has 2 heterocycles. The lowest BCUT2D eigenvalue weighted by molar-refractivity contribution is -0.142. The van der Waals surface area contributed by atoms with Crippen molar-refractivity contribution in [2.45, 2.75) is 52.4 Å². The standard InChI is InChI=1S/C28H30N2O5S2/c1-6-33-25(31)15-20-9-7-8-10-24(20)35-16-19-13-21-11-12-34-26(21)22(14-19)23-17-36-27(29-23)18(2)30-37(32)28(3,4)5/h7-14,17H,6,15-16H2,1-5H3/b30-18+. The summed E-state index contributed by atoms with van der Waals surface area (Å²) < 4.78 is 33.4. The minimum atomic E-state index is -1.36. The summed E-state index contributed by atoms with van der Waals surface area (Å²) in [5, 5.41) is 3.59. The number of thiazole rings is 1. The summed E-state index contributed by atoms with van der Waals surface area (Å²) in [6.07, 6.45) is 1.80. The first-order valence-electron chi connectivity index (χ1n) is 12.0. The second-order valence-corrected chi connectivity index (χ2v) is 12.2. The van der Waals surface area contributed by atoms with Crippen LogP contribution in [0, 0.1) is 0 Å². The van der Waals surface area contributed by atoms with Crippen molar-refractivity contribution in [3.8, 4) is 17.0 Å². The fourth-order valence-corrected chi connectivity index (χ4v) is 5.04. The topological polar surface area (TPSA) is 97.0 Å². The number of carbonyl (C=O) groups is 1. The van der Waals surface area contributed by atoms with Crippen LogP contribution in [0.15, 0.2) is 62.9 Å². The molecule has 2 aromatic carbocycles. The van der Waals surface area contributed by atoms with Gasteiger partial charge < -0.3 is 18.4 Å². The van der Waals surface area contributed by atoms with Gasteiger partial charge in [0.1, 0.15) is 44.8 Å². The molecule has 0 saturated carbocycles. The van der Waals surface area contributed by atoms with E-state index in [9.17, 15) is 9.35 Å². The molecule has 0 bridgehead atoms. The van der Waals surface area contributed by atoms with Crippen LogP contribution in [-0.2, 0) is 33.9 Å². The molecule has 0 aliphatic heterocycles. The summed E-state index contributed by atoms with van der Waals surface area (Å²) in [6.45, 7) is 9.93. The van der Waals surface area contributed by atoms with Gasteiger partial charge in [-0.3, -0.25) is 4.79 Å². The number of rotatable bonds is 9. The van der Waals surface area contributed by atoms with E-state index in [2.05, 4.69) is 4.40 Å². The molecular formula is C28H30N2O5S2. The van der Waals surface area contributed by atoms with Crippen molar-refractivity contribution in [3.05, 3.63) is 70.2 Å². The zero-order chi connectivity index (χ0) is 26.6. The molecule has 1 atom stereocenters. The molecule has 0 aliphatic carbocycles. The number of benzene rings is 2. The van der Waals surface area contributed by atoms with E-state index in [4.69, 9.17) is 18.9 Å². The fourth-order valence-electron chi connectivity index (χ4n) is 3.60. The summed E-state index contributed by atoms with van der Waals surface area (Å²) in [6, 6.07) is 13.4. The van der Waals surface area contributed by atoms with Crippen molar-refractivity contribution in [2.24, 2.45) is 4.40 Å². The Morgan fingerprint density at radius 3 is 2.76 bits per heavy atom. The zero-order valence-electron chi connectivity index (χ0n) is 21.6. The molecule has 1 unspecified atom stereocenters. The van der Waals surface area contributed by atoms with Crippen LogP contribution in [0.4, 0.5) is 0 Å². The molecular weight excluding hydrogens is 508 g/mol. The average molecular weight is 539 g/mol. The van der Waals surface area contributed by atoms with Gasteiger partial charge in [-0.2, -0.15) is 0 Å². The second-order valence-electron chi connectivity index (χ2n) is 9.44. The molecule has 2 aromatic heterocycles. The Bertz CT molecular complexity index is 1420. The molecule has 0 spiro atoms. The monoisotopic (exact) mass is 538 g/mol. The highest BCUT2D eigenvalue weighted by Gasteiger charge is 2.27. The Morgan fingerprint density at radius 1 is 1.22 bits per heavy atom. The summed E-state index contributed by atoms with van der Waals surface area (Å²) in [4.78, 5) is 16.8. The molecule has 9 heteroatoms. The van der Waals surface area contributed by atoms with E-state index >= 15 is 0 Å². The van der Waals surface area contributed by atoms with Gasteiger partial charge in [0.05, 0.1) is 25.0 Å². The highest BCUT2D eigenvalue weighted by molar-refractivity contribution is 7.91. The van der Waals surface area contributed by atoms with Crippen molar-refractivity contribution >= 4 is 45.3 Å². The van der Waals surface area contributed by atoms with Gasteiger partial charge in [-0.1, -0.05) is 22.6 Å². The van der Waals surface area contributed by atoms with E-state index in [-0.39, 0.29) is 12.4 Å². The number of nitrogens with zero attached hydrogens (tertiary/aromatic N) is 2. The lowest BCUT2D eigenvalue weighted by atomic mass is 10.1. The molecule has 37 heavy (non-hydrogen) atoms. The molecule has 4 aromatic rings. The van der Waals surface area contributed by atoms with Crippen LogP contribution in [0.5, 0.6) is 5.75 Å². The Balaban J connectivity index is 1.59. The Kier molecular flexibility index (Phi) is 8.36. The summed E-state index contributed by atoms with van der Waals surface area (Å²) in [7, 11) is 0. The van der Waals surface area contributed by atoms with E-state index in [1.54, 1.807) is 13.2 Å². The highest BCUT2D eigenvalue weighted by Crippen LogP contribution is 2.33. The third kappa shape index (κ3) is 6.60. The SMILES string of the molecule is CCOC(=O)Cc1ccccc1OCc1cc(-c2csc(/C(C)=N/[S+]([O-])C(C)(C)C)n2)c2occc2c1. The minimum Gasteiger partial charge on any atom is -0.591 e. The van der Waals surface area contributed by atoms with Gasteiger partial charge >= 0.3 is 5.97 Å². The summed E-state index contributed by atoms with van der Waals surface area (Å²) in [5.41, 5.74) is 4.67. The Hall–Kier alpha value is -3.14. The van der Waals surface area contributed by atoms with Crippen LogP contribution in [0.1, 0.15) is 50.8 Å². The van der Waals surface area contributed by atoms with E-state index in [0.717, 1.165) is 33.4 Å². The third-order valence-corrected chi connectivity index (χ3v) is 7.89. The maximum atomic E-state index is 12.5. The van der Waals surface area contributed by atoms with Gasteiger partial charge in [-0.05, 0) is 64.4 Å². The van der Waals surface area contributed by atoms with Gasteiger partial charge in [-0.15, -0.1) is 11.3 Å². The molecule has 0 radical (unpaired) electrons. The number of hydrogen-bond acceptors (Lipinski definition) is 8. The first-order valence-corrected chi connectivity index (χ1v) is 13.9. The lowest BCUT2D eigenvalue weighted by Crippen LogP contribution is -2.26. The van der Waals surface area contributed by atoms with Gasteiger partial charge in [0, 0.05) is 21.9 Å². The number of carbonyl (C=O) groups excluding carboxylic acids is 1. The lowest BCUT2D eigenvalue weighted by Gasteiger charge is -2.18. The molecule has 0 N–H and O–H groups in total. The van der Waals surface area contributed by atoms with Crippen molar-refractivity contribution in [1.29, 1.82) is 0 Å². The van der Waals surface area contributed by atoms with Crippen molar-refractivity contribution in [2.75, 3.05) is 6.61 Å². The molecule has 0 saturated heterocycles. The molecule has 0 fully saturated rings. The predicted molar refractivity (Wildman–Crippen MR) is 149 cm³/mol. The van der Waals surface area contributed by atoms with Gasteiger partial charge in [0.25, 0.3) is 0 Å². The van der Waals surface area contributed by atoms with Gasteiger partial charge in [0.15, 0.2) is 0 Å². The first kappa shape index (κ1) is 26.9. The second kappa shape index (κ2) is 11.5.